The van der Waals surface area contributed by atoms with Crippen molar-refractivity contribution in [1.82, 2.24) is 20.8 Å². The number of carboxylic acid groups (broad SMARTS) is 1. The second-order valence-electron chi connectivity index (χ2n) is 4.93. The highest BCUT2D eigenvalue weighted by Crippen LogP contribution is 2.26. The average molecular weight is 326 g/mol. The van der Waals surface area contributed by atoms with Crippen molar-refractivity contribution in [2.45, 2.75) is 6.10 Å². The molecule has 0 aliphatic carbocycles. The van der Waals surface area contributed by atoms with Crippen molar-refractivity contribution in [1.29, 1.82) is 0 Å². The number of hydrogen-bond acceptors (Lipinski definition) is 8. The van der Waals surface area contributed by atoms with Gasteiger partial charge in [-0.2, -0.15) is 0 Å². The molecule has 10 nitrogen and oxygen atoms in total. The van der Waals surface area contributed by atoms with Crippen LogP contribution in [0.3, 0.4) is 0 Å². The maximum atomic E-state index is 10.3. The van der Waals surface area contributed by atoms with Gasteiger partial charge >= 0.3 is 6.09 Å². The summed E-state index contributed by atoms with van der Waals surface area (Å²) in [6, 6.07) is 1.51. The van der Waals surface area contributed by atoms with Crippen molar-refractivity contribution in [2.75, 3.05) is 32.8 Å². The summed E-state index contributed by atoms with van der Waals surface area (Å²) in [4.78, 5) is 20.3. The molecule has 0 unspecified atom stereocenters. The number of carbonyl (C=O) groups excluding carboxylic acids is 1. The van der Waals surface area contributed by atoms with Crippen LogP contribution >= 0.6 is 0 Å². The first-order valence-electron chi connectivity index (χ1n) is 7.04. The van der Waals surface area contributed by atoms with Crippen LogP contribution in [0, 0.1) is 5.92 Å². The highest BCUT2D eigenvalue weighted by molar-refractivity contribution is 5.72. The lowest BCUT2D eigenvalue weighted by molar-refractivity contribution is 0.111. The molecule has 0 spiro atoms. The molecule has 2 aliphatic heterocycles. The number of aliphatic hydroxyl groups is 1. The summed E-state index contributed by atoms with van der Waals surface area (Å²) >= 11 is 0. The summed E-state index contributed by atoms with van der Waals surface area (Å²) in [5.74, 6) is 0.858. The Kier molecular flexibility index (Phi) is 6.06. The molecule has 10 heteroatoms. The van der Waals surface area contributed by atoms with Crippen LogP contribution in [-0.4, -0.2) is 71.7 Å². The second kappa shape index (κ2) is 8.25. The number of aromatic nitrogens is 2. The van der Waals surface area contributed by atoms with E-state index in [-0.39, 0.29) is 11.6 Å². The summed E-state index contributed by atoms with van der Waals surface area (Å²) < 4.78 is 10.3. The molecule has 3 heterocycles. The van der Waals surface area contributed by atoms with E-state index in [4.69, 9.17) is 14.6 Å². The number of fused-ring (bicyclic) bond motifs is 1. The van der Waals surface area contributed by atoms with Gasteiger partial charge in [-0.25, -0.2) is 4.79 Å². The van der Waals surface area contributed by atoms with Crippen molar-refractivity contribution in [2.24, 2.45) is 5.92 Å². The number of nitrogens with zero attached hydrogens (tertiary/aromatic N) is 2. The van der Waals surface area contributed by atoms with E-state index >= 15 is 0 Å². The number of hydrogen-bond donors (Lipinski definition) is 4. The SMILES string of the molecule is O=C(O)NC[C@H]1CNC[C@H]1O.O=Cc1cc2c(nn1)OCCO2. The number of rotatable bonds is 3. The molecular weight excluding hydrogens is 308 g/mol. The minimum absolute atomic E-state index is 0.0195. The molecule has 23 heavy (non-hydrogen) atoms. The van der Waals surface area contributed by atoms with Gasteiger partial charge in [0.05, 0.1) is 6.10 Å². The molecule has 2 atom stereocenters. The van der Waals surface area contributed by atoms with Crippen LogP contribution in [-0.2, 0) is 0 Å². The van der Waals surface area contributed by atoms with Gasteiger partial charge in [0.2, 0.25) is 0 Å². The zero-order valence-electron chi connectivity index (χ0n) is 12.3. The minimum atomic E-state index is -1.04. The molecule has 3 rings (SSSR count). The van der Waals surface area contributed by atoms with E-state index in [0.717, 1.165) is 0 Å². The molecule has 126 valence electrons. The van der Waals surface area contributed by atoms with E-state index in [0.29, 0.717) is 50.8 Å². The standard InChI is InChI=1S/C7H6N2O3.C6H12N2O3/c10-4-5-3-6-7(9-8-5)12-2-1-11-6;9-5-3-7-1-4(5)2-8-6(10)11/h3-4H,1-2H2;4-5,7-9H,1-3H2,(H,10,11)/t;4-,5-/m.1/s1. The van der Waals surface area contributed by atoms with Gasteiger partial charge in [-0.15, -0.1) is 10.2 Å². The maximum absolute atomic E-state index is 10.3. The molecular formula is C13H18N4O6. The first-order chi connectivity index (χ1) is 11.1. The largest absolute Gasteiger partial charge is 0.484 e. The zero-order valence-corrected chi connectivity index (χ0v) is 12.3. The van der Waals surface area contributed by atoms with E-state index in [2.05, 4.69) is 20.8 Å². The van der Waals surface area contributed by atoms with Crippen molar-refractivity contribution >= 4 is 12.4 Å². The van der Waals surface area contributed by atoms with Gasteiger partial charge in [0.15, 0.2) is 12.0 Å². The zero-order chi connectivity index (χ0) is 16.7. The Morgan fingerprint density at radius 1 is 1.39 bits per heavy atom. The molecule has 1 aromatic heterocycles. The van der Waals surface area contributed by atoms with Gasteiger partial charge in [0, 0.05) is 31.6 Å². The van der Waals surface area contributed by atoms with E-state index < -0.39 is 12.2 Å². The molecule has 1 aromatic rings. The van der Waals surface area contributed by atoms with Gasteiger partial charge < -0.3 is 30.3 Å². The first kappa shape index (κ1) is 16.9. The maximum Gasteiger partial charge on any atom is 0.404 e. The van der Waals surface area contributed by atoms with E-state index in [9.17, 15) is 14.7 Å². The van der Waals surface area contributed by atoms with Crippen LogP contribution in [0.15, 0.2) is 6.07 Å². The Hall–Kier alpha value is -2.46. The highest BCUT2D eigenvalue weighted by atomic mass is 16.6. The quantitative estimate of drug-likeness (QED) is 0.509. The van der Waals surface area contributed by atoms with Crippen LogP contribution in [0.25, 0.3) is 0 Å². The second-order valence-corrected chi connectivity index (χ2v) is 4.93. The van der Waals surface area contributed by atoms with Gasteiger partial charge in [-0.1, -0.05) is 0 Å². The molecule has 0 aromatic carbocycles. The number of aliphatic hydroxyl groups excluding tert-OH is 1. The normalized spacial score (nSPS) is 21.8. The summed E-state index contributed by atoms with van der Waals surface area (Å²) in [6.07, 6.45) is -0.837. The fourth-order valence-electron chi connectivity index (χ4n) is 2.07. The Morgan fingerprint density at radius 2 is 2.17 bits per heavy atom. The third kappa shape index (κ3) is 5.04. The lowest BCUT2D eigenvalue weighted by Crippen LogP contribution is -2.33. The van der Waals surface area contributed by atoms with Crippen LogP contribution in [0.5, 0.6) is 11.6 Å². The Morgan fingerprint density at radius 3 is 2.83 bits per heavy atom. The van der Waals surface area contributed by atoms with Crippen LogP contribution in [0.1, 0.15) is 10.5 Å². The van der Waals surface area contributed by atoms with Crippen LogP contribution in [0.4, 0.5) is 4.79 Å². The third-order valence-electron chi connectivity index (χ3n) is 3.27. The molecule has 2 aliphatic rings. The van der Waals surface area contributed by atoms with E-state index in [1.54, 1.807) is 0 Å². The van der Waals surface area contributed by atoms with Crippen molar-refractivity contribution in [3.05, 3.63) is 11.8 Å². The lowest BCUT2D eigenvalue weighted by atomic mass is 10.1. The average Bonchev–Trinajstić information content (AvgIpc) is 2.98. The monoisotopic (exact) mass is 326 g/mol. The van der Waals surface area contributed by atoms with Crippen LogP contribution in [0.2, 0.25) is 0 Å². The smallest absolute Gasteiger partial charge is 0.404 e. The molecule has 1 saturated heterocycles. The van der Waals surface area contributed by atoms with Crippen molar-refractivity contribution in [3.8, 4) is 11.6 Å². The summed E-state index contributed by atoms with van der Waals surface area (Å²) in [5, 5.41) is 29.9. The topological polar surface area (TPSA) is 143 Å². The fraction of sp³-hybridized carbons (Fsp3) is 0.538. The molecule has 0 saturated carbocycles. The summed E-state index contributed by atoms with van der Waals surface area (Å²) in [5.41, 5.74) is 0.249. The van der Waals surface area contributed by atoms with E-state index in [1.165, 1.54) is 6.07 Å². The fourth-order valence-corrected chi connectivity index (χ4v) is 2.07. The minimum Gasteiger partial charge on any atom is -0.484 e. The molecule has 4 N–H and O–H groups in total. The number of amides is 1. The molecule has 0 radical (unpaired) electrons. The number of β-amino-alcohol motifs (C(OH)–C–C–N with tert-alkyl or cyclic N) is 1. The third-order valence-corrected chi connectivity index (χ3v) is 3.27. The van der Waals surface area contributed by atoms with Crippen molar-refractivity contribution < 1.29 is 29.3 Å². The summed E-state index contributed by atoms with van der Waals surface area (Å²) in [6.45, 7) is 2.52. The van der Waals surface area contributed by atoms with Crippen LogP contribution < -0.4 is 20.1 Å². The molecule has 1 amide bonds. The highest BCUT2D eigenvalue weighted by Gasteiger charge is 2.24. The van der Waals surface area contributed by atoms with Gasteiger partial charge in [0.1, 0.15) is 18.9 Å². The van der Waals surface area contributed by atoms with Gasteiger partial charge in [-0.3, -0.25) is 4.79 Å². The number of ether oxygens (including phenoxy) is 2. The predicted octanol–water partition coefficient (Wildman–Crippen LogP) is -1.11. The Bertz CT molecular complexity index is 555. The number of carbonyl (C=O) groups is 2. The Labute approximate surface area is 131 Å². The summed E-state index contributed by atoms with van der Waals surface area (Å²) in [7, 11) is 0. The number of aldehydes is 1. The molecule has 0 bridgehead atoms. The lowest BCUT2D eigenvalue weighted by Gasteiger charge is -2.15. The predicted molar refractivity (Wildman–Crippen MR) is 76.8 cm³/mol. The van der Waals surface area contributed by atoms with E-state index in [1.807, 2.05) is 0 Å². The molecule has 1 fully saturated rings. The first-order valence-corrected chi connectivity index (χ1v) is 7.04. The number of nitrogens with one attached hydrogen (secondary N) is 2. The van der Waals surface area contributed by atoms with Gasteiger partial charge in [0.25, 0.3) is 5.88 Å². The van der Waals surface area contributed by atoms with Gasteiger partial charge in [-0.05, 0) is 0 Å². The van der Waals surface area contributed by atoms with Crippen molar-refractivity contribution in [3.63, 3.8) is 0 Å². The Balaban J connectivity index is 0.000000168.